The van der Waals surface area contributed by atoms with Crippen molar-refractivity contribution >= 4 is 12.0 Å². The Balaban J connectivity index is 1.76. The smallest absolute Gasteiger partial charge is 0.150 e. The molecule has 1 fully saturated rings. The summed E-state index contributed by atoms with van der Waals surface area (Å²) in [6, 6.07) is 14.8. The standard InChI is InChI=1S/C20H16O2/c21-14-17-8-6-15(7-9-17)4-5-16-10-12-19(13-11-16)20(22)18-2-1-3-18/h6-14,22H,1-3H2. The molecule has 1 aliphatic rings. The average molecular weight is 288 g/mol. The van der Waals surface area contributed by atoms with E-state index in [1.165, 1.54) is 6.42 Å². The second-order valence-electron chi connectivity index (χ2n) is 5.37. The van der Waals surface area contributed by atoms with E-state index >= 15 is 0 Å². The van der Waals surface area contributed by atoms with Crippen LogP contribution in [0.4, 0.5) is 0 Å². The summed E-state index contributed by atoms with van der Waals surface area (Å²) in [6.07, 6.45) is 4.00. The molecule has 0 aromatic heterocycles. The quantitative estimate of drug-likeness (QED) is 0.506. The molecule has 1 aliphatic carbocycles. The lowest BCUT2D eigenvalue weighted by molar-refractivity contribution is 0.112. The van der Waals surface area contributed by atoms with E-state index in [0.717, 1.165) is 41.4 Å². The summed E-state index contributed by atoms with van der Waals surface area (Å²) in [5, 5.41) is 10.1. The first-order chi connectivity index (χ1) is 10.8. The second kappa shape index (κ2) is 6.32. The third-order valence-electron chi connectivity index (χ3n) is 3.85. The second-order valence-corrected chi connectivity index (χ2v) is 5.37. The Hall–Kier alpha value is -2.79. The van der Waals surface area contributed by atoms with Gasteiger partial charge in [-0.1, -0.05) is 36.1 Å². The van der Waals surface area contributed by atoms with Gasteiger partial charge in [-0.3, -0.25) is 4.79 Å². The van der Waals surface area contributed by atoms with Gasteiger partial charge in [-0.05, 0) is 49.1 Å². The van der Waals surface area contributed by atoms with Gasteiger partial charge in [0.2, 0.25) is 0 Å². The fourth-order valence-electron chi connectivity index (χ4n) is 2.30. The third-order valence-corrected chi connectivity index (χ3v) is 3.85. The van der Waals surface area contributed by atoms with E-state index in [1.54, 1.807) is 12.1 Å². The summed E-state index contributed by atoms with van der Waals surface area (Å²) in [7, 11) is 0. The highest BCUT2D eigenvalue weighted by Gasteiger charge is 2.14. The molecule has 3 rings (SSSR count). The molecule has 0 aliphatic heterocycles. The zero-order valence-electron chi connectivity index (χ0n) is 12.2. The molecule has 2 heteroatoms. The Morgan fingerprint density at radius 2 is 1.45 bits per heavy atom. The zero-order valence-corrected chi connectivity index (χ0v) is 12.2. The van der Waals surface area contributed by atoms with Crippen molar-refractivity contribution in [3.05, 3.63) is 76.4 Å². The summed E-state index contributed by atoms with van der Waals surface area (Å²) >= 11 is 0. The van der Waals surface area contributed by atoms with E-state index in [-0.39, 0.29) is 0 Å². The van der Waals surface area contributed by atoms with Gasteiger partial charge in [-0.15, -0.1) is 0 Å². The predicted octanol–water partition coefficient (Wildman–Crippen LogP) is 4.35. The lowest BCUT2D eigenvalue weighted by Gasteiger charge is -2.18. The van der Waals surface area contributed by atoms with Crippen molar-refractivity contribution < 1.29 is 9.90 Å². The van der Waals surface area contributed by atoms with Crippen molar-refractivity contribution in [2.24, 2.45) is 0 Å². The number of rotatable bonds is 2. The van der Waals surface area contributed by atoms with Gasteiger partial charge in [0.1, 0.15) is 12.0 Å². The maximum atomic E-state index is 10.6. The number of aldehydes is 1. The van der Waals surface area contributed by atoms with Crippen LogP contribution in [0.2, 0.25) is 0 Å². The molecule has 2 nitrogen and oxygen atoms in total. The lowest BCUT2D eigenvalue weighted by atomic mass is 9.89. The number of carbonyl (C=O) groups is 1. The Labute approximate surface area is 130 Å². The van der Waals surface area contributed by atoms with Gasteiger partial charge in [0.05, 0.1) is 0 Å². The Bertz CT molecular complexity index is 763. The summed E-state index contributed by atoms with van der Waals surface area (Å²) in [4.78, 5) is 10.6. The van der Waals surface area contributed by atoms with Crippen molar-refractivity contribution in [1.29, 1.82) is 0 Å². The van der Waals surface area contributed by atoms with Crippen LogP contribution < -0.4 is 0 Å². The van der Waals surface area contributed by atoms with Crippen LogP contribution in [0, 0.1) is 11.8 Å². The number of hydrogen-bond donors (Lipinski definition) is 1. The monoisotopic (exact) mass is 288 g/mol. The molecule has 0 amide bonds. The number of allylic oxidation sites excluding steroid dienone is 1. The highest BCUT2D eigenvalue weighted by molar-refractivity contribution is 5.74. The van der Waals surface area contributed by atoms with Gasteiger partial charge in [0.25, 0.3) is 0 Å². The minimum Gasteiger partial charge on any atom is -0.507 e. The van der Waals surface area contributed by atoms with Crippen LogP contribution in [0.3, 0.4) is 0 Å². The van der Waals surface area contributed by atoms with E-state index in [1.807, 2.05) is 36.4 Å². The number of benzene rings is 2. The topological polar surface area (TPSA) is 37.3 Å². The molecule has 1 N–H and O–H groups in total. The van der Waals surface area contributed by atoms with Crippen molar-refractivity contribution in [3.8, 4) is 11.8 Å². The highest BCUT2D eigenvalue weighted by Crippen LogP contribution is 2.31. The SMILES string of the molecule is O=Cc1ccc(C#Cc2ccc(C(O)=C3CCC3)cc2)cc1. The van der Waals surface area contributed by atoms with Crippen LogP contribution in [-0.2, 0) is 0 Å². The molecule has 0 radical (unpaired) electrons. The average Bonchev–Trinajstić information content (AvgIpc) is 2.52. The van der Waals surface area contributed by atoms with Crippen molar-refractivity contribution in [2.75, 3.05) is 0 Å². The summed E-state index contributed by atoms with van der Waals surface area (Å²) in [5.74, 6) is 6.58. The number of aliphatic hydroxyl groups excluding tert-OH is 1. The number of aliphatic hydroxyl groups is 1. The van der Waals surface area contributed by atoms with Gasteiger partial charge in [-0.25, -0.2) is 0 Å². The summed E-state index contributed by atoms with van der Waals surface area (Å²) in [5.41, 5.74) is 4.42. The van der Waals surface area contributed by atoms with E-state index in [4.69, 9.17) is 0 Å². The minimum absolute atomic E-state index is 0.426. The van der Waals surface area contributed by atoms with E-state index in [2.05, 4.69) is 11.8 Å². The minimum atomic E-state index is 0.426. The van der Waals surface area contributed by atoms with Crippen LogP contribution in [0.25, 0.3) is 5.76 Å². The largest absolute Gasteiger partial charge is 0.507 e. The molecule has 2 aromatic carbocycles. The Kier molecular flexibility index (Phi) is 4.07. The fourth-order valence-corrected chi connectivity index (χ4v) is 2.30. The van der Waals surface area contributed by atoms with Gasteiger partial charge in [-0.2, -0.15) is 0 Å². The molecule has 0 saturated heterocycles. The highest BCUT2D eigenvalue weighted by atomic mass is 16.3. The van der Waals surface area contributed by atoms with E-state index < -0.39 is 0 Å². The molecule has 2 aromatic rings. The summed E-state index contributed by atoms with van der Waals surface area (Å²) < 4.78 is 0. The first kappa shape index (κ1) is 14.2. The van der Waals surface area contributed by atoms with Gasteiger partial charge >= 0.3 is 0 Å². The molecule has 1 saturated carbocycles. The first-order valence-electron chi connectivity index (χ1n) is 7.35. The molecule has 22 heavy (non-hydrogen) atoms. The maximum absolute atomic E-state index is 10.6. The normalized spacial score (nSPS) is 12.8. The Morgan fingerprint density at radius 3 is 1.91 bits per heavy atom. The Morgan fingerprint density at radius 1 is 0.909 bits per heavy atom. The molecular formula is C20H16O2. The van der Waals surface area contributed by atoms with Crippen LogP contribution in [0.5, 0.6) is 0 Å². The summed E-state index contributed by atoms with van der Waals surface area (Å²) in [6.45, 7) is 0. The number of carbonyl (C=O) groups excluding carboxylic acids is 1. The van der Waals surface area contributed by atoms with Crippen LogP contribution in [0.15, 0.2) is 54.1 Å². The fraction of sp³-hybridized carbons (Fsp3) is 0.150. The molecule has 0 heterocycles. The van der Waals surface area contributed by atoms with Crippen LogP contribution in [-0.4, -0.2) is 11.4 Å². The van der Waals surface area contributed by atoms with E-state index in [9.17, 15) is 9.90 Å². The molecule has 108 valence electrons. The maximum Gasteiger partial charge on any atom is 0.150 e. The first-order valence-corrected chi connectivity index (χ1v) is 7.35. The van der Waals surface area contributed by atoms with Crippen molar-refractivity contribution in [3.63, 3.8) is 0 Å². The molecule has 0 unspecified atom stereocenters. The van der Waals surface area contributed by atoms with Gasteiger partial charge in [0.15, 0.2) is 0 Å². The van der Waals surface area contributed by atoms with Crippen molar-refractivity contribution in [2.45, 2.75) is 19.3 Å². The molecular weight excluding hydrogens is 272 g/mol. The third kappa shape index (κ3) is 3.10. The lowest BCUT2D eigenvalue weighted by Crippen LogP contribution is -2.01. The van der Waals surface area contributed by atoms with Crippen LogP contribution >= 0.6 is 0 Å². The van der Waals surface area contributed by atoms with Gasteiger partial charge in [0, 0.05) is 22.3 Å². The van der Waals surface area contributed by atoms with Crippen LogP contribution in [0.1, 0.15) is 46.3 Å². The molecule has 0 bridgehead atoms. The van der Waals surface area contributed by atoms with Crippen molar-refractivity contribution in [1.82, 2.24) is 0 Å². The van der Waals surface area contributed by atoms with E-state index in [0.29, 0.717) is 11.3 Å². The zero-order chi connectivity index (χ0) is 15.4. The van der Waals surface area contributed by atoms with Gasteiger partial charge < -0.3 is 5.11 Å². The predicted molar refractivity (Wildman–Crippen MR) is 87.7 cm³/mol. The molecule has 0 spiro atoms. The number of hydrogen-bond acceptors (Lipinski definition) is 2. The molecule has 0 atom stereocenters.